The molecule has 5 rings (SSSR count). The van der Waals surface area contributed by atoms with Crippen molar-refractivity contribution in [1.82, 2.24) is 0 Å². The number of hydrogen-bond donors (Lipinski definition) is 0. The van der Waals surface area contributed by atoms with Gasteiger partial charge in [-0.2, -0.15) is 0 Å². The third-order valence-corrected chi connectivity index (χ3v) is 4.94. The molecule has 3 aromatic rings. The minimum atomic E-state index is 0. The molecular formula is C24H22Cl2Zr. The third-order valence-electron chi connectivity index (χ3n) is 4.94. The number of benzene rings is 2. The molecule has 0 nitrogen and oxygen atoms in total. The summed E-state index contributed by atoms with van der Waals surface area (Å²) in [4.78, 5) is 0. The maximum absolute atomic E-state index is 2.37. The molecule has 0 aromatic heterocycles. The Bertz CT molecular complexity index is 845. The summed E-state index contributed by atoms with van der Waals surface area (Å²) in [5, 5.41) is 2.63. The number of hydrogen-bond acceptors (Lipinski definition) is 0. The molecular weight excluding hydrogens is 450 g/mol. The average molecular weight is 473 g/mol. The monoisotopic (exact) mass is 470 g/mol. The maximum Gasteiger partial charge on any atom is 4.00 e. The van der Waals surface area contributed by atoms with Crippen LogP contribution in [0.3, 0.4) is 0 Å². The van der Waals surface area contributed by atoms with E-state index >= 15 is 0 Å². The van der Waals surface area contributed by atoms with Crippen LogP contribution in [0.2, 0.25) is 0 Å². The zero-order valence-electron chi connectivity index (χ0n) is 15.1. The molecule has 0 spiro atoms. The van der Waals surface area contributed by atoms with Gasteiger partial charge in [-0.05, 0) is 12.3 Å². The van der Waals surface area contributed by atoms with Gasteiger partial charge in [0.2, 0.25) is 0 Å². The van der Waals surface area contributed by atoms with E-state index in [4.69, 9.17) is 0 Å². The first-order valence-corrected chi connectivity index (χ1v) is 8.81. The molecule has 2 aliphatic carbocycles. The van der Waals surface area contributed by atoms with Crippen LogP contribution in [-0.4, -0.2) is 0 Å². The van der Waals surface area contributed by atoms with Crippen LogP contribution in [0.25, 0.3) is 21.9 Å². The average Bonchev–Trinajstić information content (AvgIpc) is 3.29. The van der Waals surface area contributed by atoms with Gasteiger partial charge < -0.3 is 24.8 Å². The summed E-state index contributed by atoms with van der Waals surface area (Å²) >= 11 is 0. The molecule has 1 saturated carbocycles. The van der Waals surface area contributed by atoms with Gasteiger partial charge in [-0.25, -0.2) is 18.1 Å². The van der Waals surface area contributed by atoms with Gasteiger partial charge in [-0.3, -0.25) is 0 Å². The van der Waals surface area contributed by atoms with E-state index in [2.05, 4.69) is 85.3 Å². The second-order valence-electron chi connectivity index (χ2n) is 6.55. The van der Waals surface area contributed by atoms with Crippen LogP contribution in [0.15, 0.2) is 90.5 Å². The molecule has 1 unspecified atom stereocenters. The van der Waals surface area contributed by atoms with Gasteiger partial charge in [-0.15, -0.1) is 53.1 Å². The van der Waals surface area contributed by atoms with Gasteiger partial charge in [-0.1, -0.05) is 60.5 Å². The standard InChI is InChI=1S/C15H11.C9H11.2ClH.Zr/c1-2-6-12(7-3-1)15-10-13-8-4-5-9-14(13)11-15;1-2-5-9-7-3-6-8(9)4-1;;;/h1-11H;1-2,4,6,9H,3,5,7H2;2*1H;/q2*-1;;;+4/p-2. The van der Waals surface area contributed by atoms with Crippen molar-refractivity contribution in [2.75, 3.05) is 0 Å². The number of allylic oxidation sites excluding steroid dienone is 4. The smallest absolute Gasteiger partial charge is 1.00 e. The first kappa shape index (κ1) is 23.9. The normalized spacial score (nSPS) is 16.3. The van der Waals surface area contributed by atoms with Crippen molar-refractivity contribution in [1.29, 1.82) is 0 Å². The second kappa shape index (κ2) is 11.6. The zero-order valence-corrected chi connectivity index (χ0v) is 19.1. The molecule has 0 radical (unpaired) electrons. The Morgan fingerprint density at radius 1 is 0.889 bits per heavy atom. The van der Waals surface area contributed by atoms with Crippen LogP contribution in [-0.2, 0) is 26.2 Å². The summed E-state index contributed by atoms with van der Waals surface area (Å²) < 4.78 is 0. The Morgan fingerprint density at radius 3 is 2.37 bits per heavy atom. The quantitative estimate of drug-likeness (QED) is 0.458. The van der Waals surface area contributed by atoms with E-state index in [1.807, 2.05) is 6.07 Å². The van der Waals surface area contributed by atoms with Crippen LogP contribution in [0.5, 0.6) is 0 Å². The summed E-state index contributed by atoms with van der Waals surface area (Å²) in [7, 11) is 0. The van der Waals surface area contributed by atoms with E-state index < -0.39 is 0 Å². The minimum Gasteiger partial charge on any atom is -1.00 e. The van der Waals surface area contributed by atoms with E-state index in [-0.39, 0.29) is 51.0 Å². The third kappa shape index (κ3) is 5.92. The SMILES string of the molecule is C1=CCC2CC[CH-]C2=C1.[Cl-].[Cl-].[Zr+4].c1ccc(-c2cc3ccccc3[cH-]2)cc1. The number of halogens is 2. The van der Waals surface area contributed by atoms with E-state index in [1.165, 1.54) is 41.2 Å². The Morgan fingerprint density at radius 2 is 1.63 bits per heavy atom. The van der Waals surface area contributed by atoms with Crippen LogP contribution < -0.4 is 24.8 Å². The van der Waals surface area contributed by atoms with E-state index in [0.29, 0.717) is 0 Å². The number of fused-ring (bicyclic) bond motifs is 2. The minimum absolute atomic E-state index is 0. The van der Waals surface area contributed by atoms with Gasteiger partial charge in [0.25, 0.3) is 0 Å². The van der Waals surface area contributed by atoms with Crippen LogP contribution in [0.4, 0.5) is 0 Å². The van der Waals surface area contributed by atoms with Gasteiger partial charge >= 0.3 is 26.2 Å². The molecule has 136 valence electrons. The number of rotatable bonds is 1. The molecule has 3 aromatic carbocycles. The Hall–Kier alpha value is -1.14. The van der Waals surface area contributed by atoms with Crippen LogP contribution in [0, 0.1) is 12.3 Å². The zero-order chi connectivity index (χ0) is 16.2. The van der Waals surface area contributed by atoms with Crippen molar-refractivity contribution in [3.05, 3.63) is 97.0 Å². The van der Waals surface area contributed by atoms with Gasteiger partial charge in [0.05, 0.1) is 0 Å². The molecule has 2 aliphatic rings. The van der Waals surface area contributed by atoms with Crippen molar-refractivity contribution in [2.24, 2.45) is 5.92 Å². The van der Waals surface area contributed by atoms with Crippen LogP contribution in [0.1, 0.15) is 19.3 Å². The molecule has 0 amide bonds. The fourth-order valence-electron chi connectivity index (χ4n) is 3.61. The molecule has 0 heterocycles. The van der Waals surface area contributed by atoms with Crippen molar-refractivity contribution in [2.45, 2.75) is 19.3 Å². The Balaban J connectivity index is 0.000000266. The Kier molecular flexibility index (Phi) is 10.3. The molecule has 0 bridgehead atoms. The van der Waals surface area contributed by atoms with E-state index in [0.717, 1.165) is 5.92 Å². The summed E-state index contributed by atoms with van der Waals surface area (Å²) in [6.45, 7) is 0. The predicted octanol–water partition coefficient (Wildman–Crippen LogP) is 0.718. The summed E-state index contributed by atoms with van der Waals surface area (Å²) in [6.07, 6.45) is 13.0. The summed E-state index contributed by atoms with van der Waals surface area (Å²) in [5.41, 5.74) is 4.17. The van der Waals surface area contributed by atoms with E-state index in [9.17, 15) is 0 Å². The maximum atomic E-state index is 2.37. The molecule has 3 heteroatoms. The van der Waals surface area contributed by atoms with Gasteiger partial charge in [0.15, 0.2) is 0 Å². The molecule has 0 N–H and O–H groups in total. The summed E-state index contributed by atoms with van der Waals surface area (Å²) in [6, 6.07) is 23.4. The van der Waals surface area contributed by atoms with Crippen molar-refractivity contribution in [3.8, 4) is 11.1 Å². The molecule has 27 heavy (non-hydrogen) atoms. The van der Waals surface area contributed by atoms with Crippen molar-refractivity contribution in [3.63, 3.8) is 0 Å². The van der Waals surface area contributed by atoms with Crippen molar-refractivity contribution < 1.29 is 51.0 Å². The topological polar surface area (TPSA) is 0 Å². The summed E-state index contributed by atoms with van der Waals surface area (Å²) in [5.74, 6) is 0.884. The van der Waals surface area contributed by atoms with Crippen LogP contribution >= 0.6 is 0 Å². The first-order chi connectivity index (χ1) is 11.9. The fourth-order valence-corrected chi connectivity index (χ4v) is 3.61. The molecule has 0 aliphatic heterocycles. The molecule has 1 fully saturated rings. The van der Waals surface area contributed by atoms with E-state index in [1.54, 1.807) is 5.57 Å². The predicted molar refractivity (Wildman–Crippen MR) is 104 cm³/mol. The Labute approximate surface area is 194 Å². The van der Waals surface area contributed by atoms with Gasteiger partial charge in [0.1, 0.15) is 0 Å². The largest absolute Gasteiger partial charge is 4.00 e. The van der Waals surface area contributed by atoms with Gasteiger partial charge in [0, 0.05) is 0 Å². The fraction of sp³-hybridized carbons (Fsp3) is 0.167. The second-order valence-corrected chi connectivity index (χ2v) is 6.55. The molecule has 0 saturated heterocycles. The first-order valence-electron chi connectivity index (χ1n) is 8.81. The van der Waals surface area contributed by atoms with Crippen molar-refractivity contribution >= 4 is 10.8 Å². The molecule has 1 atom stereocenters.